The molecule has 0 N–H and O–H groups in total. The molecule has 0 aliphatic carbocycles. The summed E-state index contributed by atoms with van der Waals surface area (Å²) in [4.78, 5) is 25.6. The number of amides is 1. The summed E-state index contributed by atoms with van der Waals surface area (Å²) in [7, 11) is 0. The minimum atomic E-state index is -0.616. The second kappa shape index (κ2) is 5.07. The lowest BCUT2D eigenvalue weighted by Crippen LogP contribution is -2.29. The van der Waals surface area contributed by atoms with E-state index < -0.39 is 11.7 Å². The molecule has 0 saturated heterocycles. The molecule has 0 unspecified atom stereocenters. The van der Waals surface area contributed by atoms with Crippen LogP contribution in [0.5, 0.6) is 0 Å². The van der Waals surface area contributed by atoms with Gasteiger partial charge in [-0.25, -0.2) is 4.39 Å². The average molecular weight is 348 g/mol. The van der Waals surface area contributed by atoms with Crippen LogP contribution in [0.15, 0.2) is 40.9 Å². The van der Waals surface area contributed by atoms with Gasteiger partial charge in [0.05, 0.1) is 17.8 Å². The van der Waals surface area contributed by atoms with E-state index in [-0.39, 0.29) is 12.4 Å². The number of aryl methyl sites for hydroxylation is 1. The van der Waals surface area contributed by atoms with Gasteiger partial charge in [-0.2, -0.15) is 0 Å². The Bertz CT molecular complexity index is 773. The monoisotopic (exact) mass is 347 g/mol. The van der Waals surface area contributed by atoms with Crippen LogP contribution in [0, 0.1) is 12.7 Å². The van der Waals surface area contributed by atoms with Crippen LogP contribution in [0.4, 0.5) is 10.1 Å². The molecule has 2 aromatic rings. The van der Waals surface area contributed by atoms with Crippen LogP contribution < -0.4 is 4.90 Å². The van der Waals surface area contributed by atoms with Crippen molar-refractivity contribution in [3.05, 3.63) is 63.4 Å². The standard InChI is InChI=1S/C16H11BrFNO2/c1-9-6-11(17)7-12-14(9)19(16(21)15(12)20)8-10-4-2-3-5-13(10)18/h2-7H,8H2,1H3. The van der Waals surface area contributed by atoms with Crippen molar-refractivity contribution in [3.8, 4) is 0 Å². The van der Waals surface area contributed by atoms with E-state index >= 15 is 0 Å². The van der Waals surface area contributed by atoms with Gasteiger partial charge in [0.1, 0.15) is 5.82 Å². The molecular weight excluding hydrogens is 337 g/mol. The van der Waals surface area contributed by atoms with Crippen molar-refractivity contribution in [2.45, 2.75) is 13.5 Å². The summed E-state index contributed by atoms with van der Waals surface area (Å²) in [5.74, 6) is -1.55. The van der Waals surface area contributed by atoms with Crippen molar-refractivity contribution in [2.24, 2.45) is 0 Å². The van der Waals surface area contributed by atoms with Gasteiger partial charge in [-0.05, 0) is 30.7 Å². The number of anilines is 1. The first-order valence-corrected chi connectivity index (χ1v) is 7.18. The van der Waals surface area contributed by atoms with Crippen molar-refractivity contribution in [2.75, 3.05) is 4.90 Å². The molecule has 3 rings (SSSR count). The number of benzene rings is 2. The van der Waals surface area contributed by atoms with E-state index in [0.29, 0.717) is 16.8 Å². The molecule has 2 aromatic carbocycles. The van der Waals surface area contributed by atoms with Gasteiger partial charge >= 0.3 is 0 Å². The summed E-state index contributed by atoms with van der Waals surface area (Å²) in [6.07, 6.45) is 0. The highest BCUT2D eigenvalue weighted by molar-refractivity contribution is 9.10. The molecule has 1 aliphatic heterocycles. The molecule has 0 atom stereocenters. The highest BCUT2D eigenvalue weighted by Gasteiger charge is 2.37. The lowest BCUT2D eigenvalue weighted by molar-refractivity contribution is -0.114. The number of nitrogens with zero attached hydrogens (tertiary/aromatic N) is 1. The molecule has 0 bridgehead atoms. The predicted octanol–water partition coefficient (Wildman–Crippen LogP) is 3.63. The molecule has 1 amide bonds. The first kappa shape index (κ1) is 13.9. The van der Waals surface area contributed by atoms with E-state index in [1.807, 2.05) is 13.0 Å². The summed E-state index contributed by atoms with van der Waals surface area (Å²) in [6.45, 7) is 1.87. The summed E-state index contributed by atoms with van der Waals surface area (Å²) < 4.78 is 14.5. The average Bonchev–Trinajstić information content (AvgIpc) is 2.67. The van der Waals surface area contributed by atoms with Crippen LogP contribution in [0.25, 0.3) is 0 Å². The van der Waals surface area contributed by atoms with E-state index in [1.54, 1.807) is 24.3 Å². The van der Waals surface area contributed by atoms with Gasteiger partial charge in [-0.3, -0.25) is 14.5 Å². The van der Waals surface area contributed by atoms with Crippen molar-refractivity contribution in [1.82, 2.24) is 0 Å². The molecule has 1 heterocycles. The third-order valence-electron chi connectivity index (χ3n) is 3.51. The summed E-state index contributed by atoms with van der Waals surface area (Å²) >= 11 is 3.32. The Morgan fingerprint density at radius 1 is 1.19 bits per heavy atom. The second-order valence-corrected chi connectivity index (χ2v) is 5.85. The number of hydrogen-bond donors (Lipinski definition) is 0. The quantitative estimate of drug-likeness (QED) is 0.778. The Labute approximate surface area is 129 Å². The number of carbonyl (C=O) groups excluding carboxylic acids is 2. The van der Waals surface area contributed by atoms with E-state index in [0.717, 1.165) is 10.0 Å². The molecule has 106 valence electrons. The highest BCUT2D eigenvalue weighted by atomic mass is 79.9. The smallest absolute Gasteiger partial charge is 0.299 e. The zero-order valence-electron chi connectivity index (χ0n) is 11.2. The van der Waals surface area contributed by atoms with E-state index in [2.05, 4.69) is 15.9 Å². The minimum absolute atomic E-state index is 0.0483. The minimum Gasteiger partial charge on any atom is -0.300 e. The van der Waals surface area contributed by atoms with Crippen molar-refractivity contribution in [1.29, 1.82) is 0 Å². The number of rotatable bonds is 2. The fourth-order valence-corrected chi connectivity index (χ4v) is 3.13. The molecule has 0 saturated carbocycles. The van der Waals surface area contributed by atoms with Gasteiger partial charge in [-0.1, -0.05) is 34.1 Å². The molecule has 5 heteroatoms. The van der Waals surface area contributed by atoms with Crippen LogP contribution in [-0.2, 0) is 11.3 Å². The summed E-state index contributed by atoms with van der Waals surface area (Å²) in [5.41, 5.74) is 2.11. The number of Topliss-reactive ketones (excluding diaryl/α,β-unsaturated/α-hetero) is 1. The van der Waals surface area contributed by atoms with Crippen LogP contribution in [0.3, 0.4) is 0 Å². The van der Waals surface area contributed by atoms with Crippen LogP contribution in [0.2, 0.25) is 0 Å². The van der Waals surface area contributed by atoms with Gasteiger partial charge in [0.15, 0.2) is 0 Å². The fourth-order valence-electron chi connectivity index (χ4n) is 2.55. The van der Waals surface area contributed by atoms with E-state index in [1.165, 1.54) is 11.0 Å². The summed E-state index contributed by atoms with van der Waals surface area (Å²) in [6, 6.07) is 9.71. The van der Waals surface area contributed by atoms with E-state index in [4.69, 9.17) is 0 Å². The number of carbonyl (C=O) groups is 2. The maximum absolute atomic E-state index is 13.8. The Balaban J connectivity index is 2.08. The number of hydrogen-bond acceptors (Lipinski definition) is 2. The highest BCUT2D eigenvalue weighted by Crippen LogP contribution is 2.36. The zero-order chi connectivity index (χ0) is 15.1. The zero-order valence-corrected chi connectivity index (χ0v) is 12.8. The number of halogens is 2. The molecule has 1 aliphatic rings. The lowest BCUT2D eigenvalue weighted by atomic mass is 10.1. The fraction of sp³-hybridized carbons (Fsp3) is 0.125. The normalized spacial score (nSPS) is 13.8. The van der Waals surface area contributed by atoms with Crippen LogP contribution in [0.1, 0.15) is 21.5 Å². The first-order chi connectivity index (χ1) is 9.99. The second-order valence-electron chi connectivity index (χ2n) is 4.93. The molecule has 3 nitrogen and oxygen atoms in total. The van der Waals surface area contributed by atoms with Gasteiger partial charge in [0.2, 0.25) is 0 Å². The van der Waals surface area contributed by atoms with E-state index in [9.17, 15) is 14.0 Å². The molecule has 21 heavy (non-hydrogen) atoms. The van der Waals surface area contributed by atoms with Crippen LogP contribution >= 0.6 is 15.9 Å². The van der Waals surface area contributed by atoms with Gasteiger partial charge in [-0.15, -0.1) is 0 Å². The van der Waals surface area contributed by atoms with Crippen LogP contribution in [-0.4, -0.2) is 11.7 Å². The Kier molecular flexibility index (Phi) is 3.37. The molecule has 0 spiro atoms. The van der Waals surface area contributed by atoms with Crippen molar-refractivity contribution >= 4 is 33.3 Å². The molecule has 0 fully saturated rings. The third kappa shape index (κ3) is 2.27. The lowest BCUT2D eigenvalue weighted by Gasteiger charge is -2.19. The largest absolute Gasteiger partial charge is 0.300 e. The summed E-state index contributed by atoms with van der Waals surface area (Å²) in [5, 5.41) is 0. The third-order valence-corrected chi connectivity index (χ3v) is 3.96. The van der Waals surface area contributed by atoms with Gasteiger partial charge in [0.25, 0.3) is 11.7 Å². The Hall–Kier alpha value is -2.01. The molecule has 0 radical (unpaired) electrons. The predicted molar refractivity (Wildman–Crippen MR) is 80.8 cm³/mol. The first-order valence-electron chi connectivity index (χ1n) is 6.39. The molecule has 0 aromatic heterocycles. The van der Waals surface area contributed by atoms with Crippen molar-refractivity contribution < 1.29 is 14.0 Å². The maximum Gasteiger partial charge on any atom is 0.299 e. The Morgan fingerprint density at radius 2 is 1.90 bits per heavy atom. The Morgan fingerprint density at radius 3 is 2.62 bits per heavy atom. The van der Waals surface area contributed by atoms with Gasteiger partial charge in [0, 0.05) is 10.0 Å². The molecular formula is C16H11BrFNO2. The SMILES string of the molecule is Cc1cc(Br)cc2c1N(Cc1ccccc1F)C(=O)C2=O. The number of fused-ring (bicyclic) bond motifs is 1. The van der Waals surface area contributed by atoms with Crippen molar-refractivity contribution in [3.63, 3.8) is 0 Å². The topological polar surface area (TPSA) is 37.4 Å². The van der Waals surface area contributed by atoms with Gasteiger partial charge < -0.3 is 0 Å². The maximum atomic E-state index is 13.8. The number of ketones is 1.